The summed E-state index contributed by atoms with van der Waals surface area (Å²) in [5.74, 6) is 0.880. The predicted molar refractivity (Wildman–Crippen MR) is 91.7 cm³/mol. The Morgan fingerprint density at radius 2 is 1.86 bits per heavy atom. The van der Waals surface area contributed by atoms with E-state index >= 15 is 0 Å². The fourth-order valence-electron chi connectivity index (χ4n) is 3.53. The number of nitrogens with one attached hydrogen (secondary N) is 1. The number of rotatable bonds is 8. The molecule has 2 heteroatoms. The van der Waals surface area contributed by atoms with E-state index < -0.39 is 0 Å². The van der Waals surface area contributed by atoms with Gasteiger partial charge in [-0.2, -0.15) is 0 Å². The van der Waals surface area contributed by atoms with Crippen LogP contribution in [0.5, 0.6) is 0 Å². The molecule has 21 heavy (non-hydrogen) atoms. The maximum atomic E-state index is 3.54. The molecule has 0 aliphatic carbocycles. The second kappa shape index (κ2) is 9.22. The van der Waals surface area contributed by atoms with Crippen molar-refractivity contribution in [2.45, 2.75) is 52.0 Å². The van der Waals surface area contributed by atoms with Gasteiger partial charge in [0.15, 0.2) is 0 Å². The van der Waals surface area contributed by atoms with E-state index in [4.69, 9.17) is 0 Å². The number of likely N-dealkylation sites (tertiary alicyclic amines) is 1. The number of likely N-dealkylation sites (N-methyl/N-ethyl adjacent to an activating group) is 1. The maximum Gasteiger partial charge on any atom is 0.0220 e. The highest BCUT2D eigenvalue weighted by Crippen LogP contribution is 2.23. The summed E-state index contributed by atoms with van der Waals surface area (Å²) in [6.45, 7) is 9.33. The molecule has 0 aromatic heterocycles. The first-order valence-electron chi connectivity index (χ1n) is 8.82. The summed E-state index contributed by atoms with van der Waals surface area (Å²) in [4.78, 5) is 2.73. The minimum absolute atomic E-state index is 0.743. The van der Waals surface area contributed by atoms with Crippen LogP contribution in [0.4, 0.5) is 0 Å². The van der Waals surface area contributed by atoms with Crippen molar-refractivity contribution in [3.05, 3.63) is 35.9 Å². The van der Waals surface area contributed by atoms with Crippen LogP contribution in [0.25, 0.3) is 0 Å². The lowest BCUT2D eigenvalue weighted by Gasteiger charge is -2.38. The molecule has 118 valence electrons. The molecule has 1 aromatic carbocycles. The Hall–Kier alpha value is -0.860. The normalized spacial score (nSPS) is 18.8. The van der Waals surface area contributed by atoms with Crippen LogP contribution in [0, 0.1) is 5.92 Å². The topological polar surface area (TPSA) is 15.3 Å². The molecule has 1 atom stereocenters. The van der Waals surface area contributed by atoms with Crippen LogP contribution in [0.3, 0.4) is 0 Å². The lowest BCUT2D eigenvalue weighted by Crippen LogP contribution is -2.46. The van der Waals surface area contributed by atoms with Crippen LogP contribution in [0.1, 0.15) is 45.1 Å². The third kappa shape index (κ3) is 5.44. The van der Waals surface area contributed by atoms with Gasteiger partial charge in [-0.25, -0.2) is 0 Å². The van der Waals surface area contributed by atoms with E-state index in [2.05, 4.69) is 54.4 Å². The minimum Gasteiger partial charge on any atom is -0.315 e. The second-order valence-electron chi connectivity index (χ2n) is 6.42. The lowest BCUT2D eigenvalue weighted by molar-refractivity contribution is 0.124. The van der Waals surface area contributed by atoms with Gasteiger partial charge in [-0.05, 0) is 56.8 Å². The Morgan fingerprint density at radius 1 is 1.14 bits per heavy atom. The van der Waals surface area contributed by atoms with Crippen molar-refractivity contribution in [1.82, 2.24) is 10.2 Å². The average Bonchev–Trinajstić information content (AvgIpc) is 2.53. The van der Waals surface area contributed by atoms with Crippen LogP contribution in [0.2, 0.25) is 0 Å². The fourth-order valence-corrected chi connectivity index (χ4v) is 3.53. The van der Waals surface area contributed by atoms with Crippen LogP contribution >= 0.6 is 0 Å². The molecule has 0 spiro atoms. The standard InChI is InChI=1S/C19H32N2/c1-3-8-19(16-20-4-2)21-13-11-18(12-14-21)15-17-9-6-5-7-10-17/h5-7,9-10,18-20H,3-4,8,11-16H2,1-2H3. The van der Waals surface area contributed by atoms with Crippen molar-refractivity contribution in [3.8, 4) is 0 Å². The number of piperidine rings is 1. The van der Waals surface area contributed by atoms with Gasteiger partial charge in [0.05, 0.1) is 0 Å². The number of nitrogens with zero attached hydrogens (tertiary/aromatic N) is 1. The molecule has 1 fully saturated rings. The summed E-state index contributed by atoms with van der Waals surface area (Å²) in [5, 5.41) is 3.54. The highest BCUT2D eigenvalue weighted by atomic mass is 15.2. The molecule has 1 aromatic rings. The smallest absolute Gasteiger partial charge is 0.0220 e. The molecular weight excluding hydrogens is 256 g/mol. The summed E-state index contributed by atoms with van der Waals surface area (Å²) < 4.78 is 0. The van der Waals surface area contributed by atoms with Crippen molar-refractivity contribution in [3.63, 3.8) is 0 Å². The summed E-state index contributed by atoms with van der Waals surface area (Å²) in [5.41, 5.74) is 1.51. The lowest BCUT2D eigenvalue weighted by atomic mass is 9.89. The van der Waals surface area contributed by atoms with Gasteiger partial charge in [0, 0.05) is 12.6 Å². The van der Waals surface area contributed by atoms with Gasteiger partial charge in [0.2, 0.25) is 0 Å². The average molecular weight is 288 g/mol. The molecule has 0 saturated carbocycles. The highest BCUT2D eigenvalue weighted by Gasteiger charge is 2.24. The van der Waals surface area contributed by atoms with Crippen molar-refractivity contribution in [1.29, 1.82) is 0 Å². The highest BCUT2D eigenvalue weighted by molar-refractivity contribution is 5.15. The first-order valence-corrected chi connectivity index (χ1v) is 8.82. The molecule has 0 amide bonds. The Bertz CT molecular complexity index is 368. The minimum atomic E-state index is 0.743. The molecular formula is C19H32N2. The van der Waals surface area contributed by atoms with Crippen molar-refractivity contribution >= 4 is 0 Å². The zero-order chi connectivity index (χ0) is 14.9. The Kier molecular flexibility index (Phi) is 7.25. The molecule has 2 rings (SSSR count). The zero-order valence-corrected chi connectivity index (χ0v) is 13.9. The molecule has 1 heterocycles. The van der Waals surface area contributed by atoms with Crippen LogP contribution in [-0.2, 0) is 6.42 Å². The maximum absolute atomic E-state index is 3.54. The first-order chi connectivity index (χ1) is 10.3. The van der Waals surface area contributed by atoms with Gasteiger partial charge < -0.3 is 5.32 Å². The van der Waals surface area contributed by atoms with E-state index in [1.165, 1.54) is 50.8 Å². The van der Waals surface area contributed by atoms with E-state index in [0.717, 1.165) is 25.0 Å². The number of hydrogen-bond donors (Lipinski definition) is 1. The van der Waals surface area contributed by atoms with Gasteiger partial charge in [-0.1, -0.05) is 50.6 Å². The van der Waals surface area contributed by atoms with E-state index in [9.17, 15) is 0 Å². The van der Waals surface area contributed by atoms with Crippen molar-refractivity contribution in [2.24, 2.45) is 5.92 Å². The summed E-state index contributed by atoms with van der Waals surface area (Å²) in [6.07, 6.45) is 6.61. The predicted octanol–water partition coefficient (Wildman–Crippen LogP) is 3.72. The fraction of sp³-hybridized carbons (Fsp3) is 0.684. The quantitative estimate of drug-likeness (QED) is 0.784. The molecule has 0 radical (unpaired) electrons. The molecule has 1 N–H and O–H groups in total. The van der Waals surface area contributed by atoms with Gasteiger partial charge in [0.1, 0.15) is 0 Å². The summed E-state index contributed by atoms with van der Waals surface area (Å²) in [7, 11) is 0. The van der Waals surface area contributed by atoms with Gasteiger partial charge in [0.25, 0.3) is 0 Å². The SMILES string of the molecule is CCCC(CNCC)N1CCC(Cc2ccccc2)CC1. The number of hydrogen-bond acceptors (Lipinski definition) is 2. The summed E-state index contributed by atoms with van der Waals surface area (Å²) >= 11 is 0. The van der Waals surface area contributed by atoms with E-state index in [-0.39, 0.29) is 0 Å². The monoisotopic (exact) mass is 288 g/mol. The van der Waals surface area contributed by atoms with E-state index in [1.807, 2.05) is 0 Å². The van der Waals surface area contributed by atoms with Gasteiger partial charge >= 0.3 is 0 Å². The zero-order valence-electron chi connectivity index (χ0n) is 13.9. The molecule has 1 aliphatic rings. The van der Waals surface area contributed by atoms with Gasteiger partial charge in [-0.15, -0.1) is 0 Å². The van der Waals surface area contributed by atoms with Crippen LogP contribution in [0.15, 0.2) is 30.3 Å². The largest absolute Gasteiger partial charge is 0.315 e. The van der Waals surface area contributed by atoms with Crippen LogP contribution < -0.4 is 5.32 Å². The van der Waals surface area contributed by atoms with Crippen molar-refractivity contribution in [2.75, 3.05) is 26.2 Å². The van der Waals surface area contributed by atoms with Crippen LogP contribution in [-0.4, -0.2) is 37.1 Å². The summed E-state index contributed by atoms with van der Waals surface area (Å²) in [6, 6.07) is 11.7. The third-order valence-electron chi connectivity index (χ3n) is 4.78. The van der Waals surface area contributed by atoms with Gasteiger partial charge in [-0.3, -0.25) is 4.90 Å². The molecule has 0 bridgehead atoms. The molecule has 1 saturated heterocycles. The molecule has 2 nitrogen and oxygen atoms in total. The Balaban J connectivity index is 1.78. The third-order valence-corrected chi connectivity index (χ3v) is 4.78. The first kappa shape index (κ1) is 16.5. The second-order valence-corrected chi connectivity index (χ2v) is 6.42. The van der Waals surface area contributed by atoms with E-state index in [1.54, 1.807) is 0 Å². The molecule has 1 aliphatic heterocycles. The number of benzene rings is 1. The van der Waals surface area contributed by atoms with Crippen molar-refractivity contribution < 1.29 is 0 Å². The van der Waals surface area contributed by atoms with E-state index in [0.29, 0.717) is 0 Å². The Labute approximate surface area is 130 Å². The molecule has 1 unspecified atom stereocenters. The Morgan fingerprint density at radius 3 is 2.48 bits per heavy atom.